The molecule has 0 amide bonds. The lowest BCUT2D eigenvalue weighted by molar-refractivity contribution is 0.158. The van der Waals surface area contributed by atoms with E-state index in [0.717, 1.165) is 42.2 Å². The molecule has 0 heterocycles. The first kappa shape index (κ1) is 29.6. The summed E-state index contributed by atoms with van der Waals surface area (Å²) in [4.78, 5) is 0. The molecule has 0 bridgehead atoms. The summed E-state index contributed by atoms with van der Waals surface area (Å²) in [6.07, 6.45) is 16.4. The van der Waals surface area contributed by atoms with E-state index in [-0.39, 0.29) is 0 Å². The van der Waals surface area contributed by atoms with Crippen molar-refractivity contribution in [3.8, 4) is 11.5 Å². The Morgan fingerprint density at radius 2 is 1.14 bits per heavy atom. The summed E-state index contributed by atoms with van der Waals surface area (Å²) < 4.78 is 18.9. The van der Waals surface area contributed by atoms with Crippen LogP contribution in [0.4, 0.5) is 0 Å². The smallest absolute Gasteiger partial charge is 0.337 e. The summed E-state index contributed by atoms with van der Waals surface area (Å²) in [5.41, 5.74) is 1.13. The van der Waals surface area contributed by atoms with Crippen LogP contribution in [0.25, 0.3) is 0 Å². The van der Waals surface area contributed by atoms with Crippen LogP contribution >= 0.6 is 0 Å². The Labute approximate surface area is 216 Å². The van der Waals surface area contributed by atoms with E-state index in [0.29, 0.717) is 6.61 Å². The molecule has 0 fully saturated rings. The molecule has 0 spiro atoms. The molecule has 0 saturated heterocycles. The van der Waals surface area contributed by atoms with Gasteiger partial charge in [0.15, 0.2) is 0 Å². The van der Waals surface area contributed by atoms with Crippen molar-refractivity contribution in [2.24, 2.45) is 0 Å². The Morgan fingerprint density at radius 3 is 1.74 bits per heavy atom. The normalized spacial score (nSPS) is 11.6. The molecule has 0 unspecified atom stereocenters. The van der Waals surface area contributed by atoms with E-state index in [1.165, 1.54) is 70.6 Å². The molecule has 2 aromatic rings. The van der Waals surface area contributed by atoms with Crippen LogP contribution < -0.4 is 4.74 Å². The third-order valence-electron chi connectivity index (χ3n) is 6.82. The fourth-order valence-electron chi connectivity index (χ4n) is 4.44. The van der Waals surface area contributed by atoms with Crippen LogP contribution in [-0.2, 0) is 15.5 Å². The van der Waals surface area contributed by atoms with Gasteiger partial charge in [0.1, 0.15) is 11.5 Å². The van der Waals surface area contributed by atoms with Crippen LogP contribution in [0.5, 0.6) is 11.5 Å². The van der Waals surface area contributed by atoms with Crippen molar-refractivity contribution in [2.45, 2.75) is 117 Å². The largest absolute Gasteiger partial charge is 0.457 e. The number of rotatable bonds is 21. The second-order valence-corrected chi connectivity index (χ2v) is 13.5. The summed E-state index contributed by atoms with van der Waals surface area (Å²) in [5.74, 6) is 1.69. The van der Waals surface area contributed by atoms with Crippen LogP contribution in [0.15, 0.2) is 54.6 Å². The molecule has 0 aliphatic carbocycles. The second kappa shape index (κ2) is 18.6. The summed E-state index contributed by atoms with van der Waals surface area (Å²) in [5, 5.41) is 0. The third-order valence-corrected chi connectivity index (χ3v) is 10.4. The van der Waals surface area contributed by atoms with E-state index >= 15 is 0 Å². The molecule has 0 radical (unpaired) electrons. The van der Waals surface area contributed by atoms with Gasteiger partial charge in [-0.1, -0.05) is 122 Å². The van der Waals surface area contributed by atoms with Crippen LogP contribution in [-0.4, -0.2) is 15.2 Å². The van der Waals surface area contributed by atoms with E-state index in [1.54, 1.807) is 0 Å². The van der Waals surface area contributed by atoms with Gasteiger partial charge in [0.25, 0.3) is 0 Å². The maximum absolute atomic E-state index is 6.49. The molecular weight excluding hydrogens is 448 g/mol. The van der Waals surface area contributed by atoms with E-state index in [4.69, 9.17) is 13.6 Å². The highest BCUT2D eigenvalue weighted by atomic mass is 28.4. The molecule has 0 N–H and O–H groups in total. The molecule has 4 heteroatoms. The molecule has 2 rings (SSSR count). The van der Waals surface area contributed by atoms with Crippen molar-refractivity contribution < 1.29 is 13.6 Å². The Hall–Kier alpha value is -1.62. The van der Waals surface area contributed by atoms with E-state index in [1.807, 2.05) is 42.5 Å². The van der Waals surface area contributed by atoms with Gasteiger partial charge in [0.2, 0.25) is 0 Å². The van der Waals surface area contributed by atoms with Gasteiger partial charge in [-0.15, -0.1) is 0 Å². The summed E-state index contributed by atoms with van der Waals surface area (Å²) >= 11 is 0. The lowest BCUT2D eigenvalue weighted by Crippen LogP contribution is -2.40. The average molecular weight is 499 g/mol. The van der Waals surface area contributed by atoms with Gasteiger partial charge in [0.05, 0.1) is 6.61 Å². The first-order chi connectivity index (χ1) is 17.2. The van der Waals surface area contributed by atoms with Gasteiger partial charge in [-0.05, 0) is 48.3 Å². The number of hydrogen-bond acceptors (Lipinski definition) is 3. The lowest BCUT2D eigenvalue weighted by atomic mass is 10.1. The van der Waals surface area contributed by atoms with E-state index in [2.05, 4.69) is 32.9 Å². The first-order valence-corrected chi connectivity index (χ1v) is 16.5. The summed E-state index contributed by atoms with van der Waals surface area (Å²) in [6, 6.07) is 20.1. The molecule has 0 atom stereocenters. The molecule has 35 heavy (non-hydrogen) atoms. The number of benzene rings is 2. The second-order valence-electron chi connectivity index (χ2n) is 9.71. The maximum Gasteiger partial charge on any atom is 0.337 e. The molecule has 0 aromatic heterocycles. The maximum atomic E-state index is 6.49. The van der Waals surface area contributed by atoms with Crippen LogP contribution in [0.1, 0.15) is 103 Å². The van der Waals surface area contributed by atoms with Crippen molar-refractivity contribution >= 4 is 8.56 Å². The fraction of sp³-hybridized carbons (Fsp3) is 0.613. The fourth-order valence-corrected chi connectivity index (χ4v) is 6.79. The van der Waals surface area contributed by atoms with Gasteiger partial charge in [0, 0.05) is 6.61 Å². The Morgan fingerprint density at radius 1 is 0.571 bits per heavy atom. The molecule has 0 aliphatic rings. The highest BCUT2D eigenvalue weighted by Crippen LogP contribution is 2.25. The van der Waals surface area contributed by atoms with E-state index < -0.39 is 8.56 Å². The molecule has 3 nitrogen and oxygen atoms in total. The first-order valence-electron chi connectivity index (χ1n) is 14.3. The molecule has 0 aliphatic heterocycles. The number of hydrogen-bond donors (Lipinski definition) is 0. The van der Waals surface area contributed by atoms with Crippen molar-refractivity contribution in [3.05, 3.63) is 60.2 Å². The summed E-state index contributed by atoms with van der Waals surface area (Å²) in [6.45, 7) is 8.13. The van der Waals surface area contributed by atoms with Crippen LogP contribution in [0, 0.1) is 0 Å². The number of unbranched alkanes of at least 4 members (excludes halogenated alkanes) is 11. The SMILES string of the molecule is CCCCCCCCCCCCCCO[Si](CC)(CC)OCc1cccc(Oc2ccccc2)c1. The van der Waals surface area contributed by atoms with Crippen LogP contribution in [0.3, 0.4) is 0 Å². The predicted octanol–water partition coefficient (Wildman–Crippen LogP) is 10.2. The van der Waals surface area contributed by atoms with Crippen molar-refractivity contribution in [1.82, 2.24) is 0 Å². The van der Waals surface area contributed by atoms with Gasteiger partial charge < -0.3 is 13.6 Å². The predicted molar refractivity (Wildman–Crippen MR) is 151 cm³/mol. The quantitative estimate of drug-likeness (QED) is 0.126. The highest BCUT2D eigenvalue weighted by molar-refractivity contribution is 6.67. The minimum absolute atomic E-state index is 0.582. The lowest BCUT2D eigenvalue weighted by Gasteiger charge is -2.29. The van der Waals surface area contributed by atoms with Gasteiger partial charge >= 0.3 is 8.56 Å². The standard InChI is InChI=1S/C31H50O3Si/c1-4-7-8-9-10-11-12-13-14-15-16-20-26-32-35(5-2,6-3)33-28-29-22-21-25-31(27-29)34-30-23-18-17-19-24-30/h17-19,21-25,27H,4-16,20,26,28H2,1-3H3. The topological polar surface area (TPSA) is 27.7 Å². The monoisotopic (exact) mass is 498 g/mol. The van der Waals surface area contributed by atoms with E-state index in [9.17, 15) is 0 Å². The molecule has 196 valence electrons. The zero-order chi connectivity index (χ0) is 25.0. The van der Waals surface area contributed by atoms with Crippen LogP contribution in [0.2, 0.25) is 12.1 Å². The number of ether oxygens (including phenoxy) is 1. The molecular formula is C31H50O3Si. The molecule has 0 saturated carbocycles. The van der Waals surface area contributed by atoms with Crippen molar-refractivity contribution in [1.29, 1.82) is 0 Å². The summed E-state index contributed by atoms with van der Waals surface area (Å²) in [7, 11) is -2.16. The van der Waals surface area contributed by atoms with Gasteiger partial charge in [-0.2, -0.15) is 0 Å². The Bertz CT molecular complexity index is 761. The zero-order valence-corrected chi connectivity index (χ0v) is 23.7. The Balaban J connectivity index is 1.62. The molecule has 2 aromatic carbocycles. The zero-order valence-electron chi connectivity index (χ0n) is 22.7. The van der Waals surface area contributed by atoms with Gasteiger partial charge in [-0.3, -0.25) is 0 Å². The van der Waals surface area contributed by atoms with Crippen molar-refractivity contribution in [3.63, 3.8) is 0 Å². The van der Waals surface area contributed by atoms with Gasteiger partial charge in [-0.25, -0.2) is 0 Å². The Kier molecular flexibility index (Phi) is 15.7. The van der Waals surface area contributed by atoms with Crippen molar-refractivity contribution in [2.75, 3.05) is 6.61 Å². The average Bonchev–Trinajstić information content (AvgIpc) is 2.90. The third kappa shape index (κ3) is 12.8. The number of para-hydroxylation sites is 1. The minimum Gasteiger partial charge on any atom is -0.457 e. The minimum atomic E-state index is -2.16. The highest BCUT2D eigenvalue weighted by Gasteiger charge is 2.33.